The maximum atomic E-state index is 12.2. The van der Waals surface area contributed by atoms with E-state index in [4.69, 9.17) is 5.11 Å². The molecule has 13 heteroatoms. The molecule has 0 aliphatic carbocycles. The van der Waals surface area contributed by atoms with Gasteiger partial charge in [-0.2, -0.15) is 0 Å². The van der Waals surface area contributed by atoms with Gasteiger partial charge < -0.3 is 0 Å². The van der Waals surface area contributed by atoms with Gasteiger partial charge in [-0.15, -0.1) is 0 Å². The van der Waals surface area contributed by atoms with Gasteiger partial charge in [-0.05, 0) is 0 Å². The van der Waals surface area contributed by atoms with Crippen molar-refractivity contribution >= 4 is 44.6 Å². The standard InChI is InChI=1S/C7H5O2.2C2HF3O2.Tl/c8-7(9)6-4-2-1-3-5-6;2*3-2(4,5)1(6)7;/h1-4H,(H,8,9);2*(H,6,7);/q;;;+2/p-2. The molecular formula is C11H5F6O6Tl. The van der Waals surface area contributed by atoms with Crippen molar-refractivity contribution in [1.82, 2.24) is 0 Å². The third-order valence-electron chi connectivity index (χ3n) is 2.34. The summed E-state index contributed by atoms with van der Waals surface area (Å²) < 4.78 is 80.6. The van der Waals surface area contributed by atoms with Crippen LogP contribution < -0.4 is 3.12 Å². The molecule has 24 heavy (non-hydrogen) atoms. The van der Waals surface area contributed by atoms with E-state index in [9.17, 15) is 40.7 Å². The normalized spacial score (nSPS) is 11.6. The molecule has 0 amide bonds. The first kappa shape index (κ1) is 20.2. The third kappa shape index (κ3) is 5.34. The molecule has 0 aromatic heterocycles. The average Bonchev–Trinajstić information content (AvgIpc) is 2.44. The van der Waals surface area contributed by atoms with Crippen molar-refractivity contribution in [3.8, 4) is 0 Å². The number of carboxylic acids is 1. The average molecular weight is 552 g/mol. The predicted octanol–water partition coefficient (Wildman–Crippen LogP) is 1.29. The summed E-state index contributed by atoms with van der Waals surface area (Å²) in [4.78, 5) is 32.7. The molecule has 0 saturated heterocycles. The zero-order valence-corrected chi connectivity index (χ0v) is 15.6. The fraction of sp³-hybridized carbons (Fsp3) is 0.182. The number of halogens is 6. The molecule has 0 aliphatic rings. The Morgan fingerprint density at radius 1 is 0.875 bits per heavy atom. The number of rotatable bonds is 4. The Morgan fingerprint density at radius 2 is 1.29 bits per heavy atom. The van der Waals surface area contributed by atoms with Crippen molar-refractivity contribution in [3.05, 3.63) is 29.8 Å². The van der Waals surface area contributed by atoms with Gasteiger partial charge in [0, 0.05) is 0 Å². The van der Waals surface area contributed by atoms with Crippen molar-refractivity contribution in [2.45, 2.75) is 12.4 Å². The van der Waals surface area contributed by atoms with E-state index in [1.807, 2.05) is 0 Å². The Bertz CT molecular complexity index is 627. The number of hydrogen-bond acceptors (Lipinski definition) is 5. The molecular weight excluding hydrogens is 546 g/mol. The zero-order chi connectivity index (χ0) is 18.7. The summed E-state index contributed by atoms with van der Waals surface area (Å²) >= 11 is -5.52. The molecule has 0 radical (unpaired) electrons. The van der Waals surface area contributed by atoms with Gasteiger partial charge in [0.15, 0.2) is 0 Å². The fourth-order valence-electron chi connectivity index (χ4n) is 1.38. The first-order valence-corrected chi connectivity index (χ1v) is 11.6. The Balaban J connectivity index is 3.26. The fourth-order valence-corrected chi connectivity index (χ4v) is 7.99. The summed E-state index contributed by atoms with van der Waals surface area (Å²) in [7, 11) is 0. The van der Waals surface area contributed by atoms with E-state index >= 15 is 0 Å². The Kier molecular flexibility index (Phi) is 6.18. The summed E-state index contributed by atoms with van der Waals surface area (Å²) in [5.41, 5.74) is -0.728. The van der Waals surface area contributed by atoms with Crippen molar-refractivity contribution in [3.63, 3.8) is 0 Å². The molecule has 1 aromatic rings. The van der Waals surface area contributed by atoms with Crippen LogP contribution in [0.5, 0.6) is 0 Å². The van der Waals surface area contributed by atoms with Gasteiger partial charge in [-0.3, -0.25) is 0 Å². The summed E-state index contributed by atoms with van der Waals surface area (Å²) in [6, 6.07) is 3.89. The molecule has 0 atom stereocenters. The zero-order valence-electron chi connectivity index (χ0n) is 11.1. The second kappa shape index (κ2) is 7.35. The second-order valence-electron chi connectivity index (χ2n) is 4.03. The van der Waals surface area contributed by atoms with E-state index in [1.54, 1.807) is 0 Å². The van der Waals surface area contributed by atoms with Crippen LogP contribution in [-0.2, 0) is 15.0 Å². The maximum absolute atomic E-state index is 12.2. The summed E-state index contributed by atoms with van der Waals surface area (Å²) in [6.07, 6.45) is -11.1. The quantitative estimate of drug-likeness (QED) is 0.448. The number of benzene rings is 1. The molecule has 1 N–H and O–H groups in total. The molecule has 1 aromatic carbocycles. The van der Waals surface area contributed by atoms with Gasteiger partial charge in [0.25, 0.3) is 0 Å². The van der Waals surface area contributed by atoms with E-state index in [0.29, 0.717) is 0 Å². The van der Waals surface area contributed by atoms with Crippen LogP contribution in [0.15, 0.2) is 24.3 Å². The first-order chi connectivity index (χ1) is 10.8. The van der Waals surface area contributed by atoms with E-state index in [-0.39, 0.29) is 0 Å². The molecule has 0 bridgehead atoms. The van der Waals surface area contributed by atoms with Crippen LogP contribution in [0.2, 0.25) is 0 Å². The topological polar surface area (TPSA) is 89.9 Å². The molecule has 0 heterocycles. The molecule has 0 spiro atoms. The van der Waals surface area contributed by atoms with Gasteiger partial charge in [0.05, 0.1) is 0 Å². The molecule has 130 valence electrons. The van der Waals surface area contributed by atoms with Crippen molar-refractivity contribution in [2.75, 3.05) is 0 Å². The van der Waals surface area contributed by atoms with Crippen LogP contribution in [0.3, 0.4) is 0 Å². The summed E-state index contributed by atoms with van der Waals surface area (Å²) in [6.45, 7) is 0. The van der Waals surface area contributed by atoms with E-state index in [1.165, 1.54) is 0 Å². The van der Waals surface area contributed by atoms with Gasteiger partial charge in [0.2, 0.25) is 0 Å². The van der Waals surface area contributed by atoms with Gasteiger partial charge in [-0.1, -0.05) is 0 Å². The number of hydrogen-bond donors (Lipinski definition) is 1. The number of carboxylic acid groups (broad SMARTS) is 1. The number of carbonyl (C=O) groups is 3. The molecule has 0 aliphatic heterocycles. The molecule has 0 unspecified atom stereocenters. The molecule has 1 rings (SSSR count). The molecule has 6 nitrogen and oxygen atoms in total. The van der Waals surface area contributed by atoms with Gasteiger partial charge in [-0.25, -0.2) is 0 Å². The van der Waals surface area contributed by atoms with Crippen LogP contribution in [-0.4, -0.2) is 59.0 Å². The van der Waals surface area contributed by atoms with Gasteiger partial charge >= 0.3 is 138 Å². The van der Waals surface area contributed by atoms with Crippen molar-refractivity contribution in [1.29, 1.82) is 0 Å². The Hall–Kier alpha value is -1.87. The monoisotopic (exact) mass is 552 g/mol. The molecule has 0 fully saturated rings. The third-order valence-corrected chi connectivity index (χ3v) is 9.60. The SMILES string of the molecule is O=C(O)c1cccc[c]1[Tl]([O]C(=O)C(F)(F)F)[O]C(=O)C(F)(F)F. The number of aromatic carboxylic acids is 1. The van der Waals surface area contributed by atoms with Crippen LogP contribution in [0.25, 0.3) is 0 Å². The summed E-state index contributed by atoms with van der Waals surface area (Å²) in [5.74, 6) is -7.45. The summed E-state index contributed by atoms with van der Waals surface area (Å²) in [5, 5.41) is 8.91. The Labute approximate surface area is 138 Å². The van der Waals surface area contributed by atoms with Crippen LogP contribution in [0, 0.1) is 0 Å². The van der Waals surface area contributed by atoms with Crippen molar-refractivity contribution < 1.29 is 51.2 Å². The van der Waals surface area contributed by atoms with Crippen LogP contribution >= 0.6 is 0 Å². The second-order valence-corrected chi connectivity index (χ2v) is 10.9. The van der Waals surface area contributed by atoms with Crippen LogP contribution in [0.1, 0.15) is 10.4 Å². The van der Waals surface area contributed by atoms with Gasteiger partial charge in [0.1, 0.15) is 0 Å². The predicted molar refractivity (Wildman–Crippen MR) is 63.1 cm³/mol. The Morgan fingerprint density at radius 3 is 1.67 bits per heavy atom. The first-order valence-electron chi connectivity index (χ1n) is 5.72. The number of alkyl halides is 6. The molecule has 0 saturated carbocycles. The van der Waals surface area contributed by atoms with Crippen molar-refractivity contribution in [2.24, 2.45) is 0 Å². The van der Waals surface area contributed by atoms with Crippen LogP contribution in [0.4, 0.5) is 26.3 Å². The van der Waals surface area contributed by atoms with E-state index in [0.717, 1.165) is 24.3 Å². The number of carbonyl (C=O) groups excluding carboxylic acids is 2. The van der Waals surface area contributed by atoms with E-state index in [2.05, 4.69) is 5.37 Å². The minimum absolute atomic E-state index is 0.666. The van der Waals surface area contributed by atoms with E-state index < -0.39 is 62.6 Å². The minimum atomic E-state index is -5.55.